The molecule has 0 aliphatic carbocycles. The van der Waals surface area contributed by atoms with Crippen LogP contribution in [0.25, 0.3) is 0 Å². The fourth-order valence-electron chi connectivity index (χ4n) is 3.19. The lowest BCUT2D eigenvalue weighted by Gasteiger charge is -2.20. The molecule has 0 unspecified atom stereocenters. The van der Waals surface area contributed by atoms with Gasteiger partial charge in [0.1, 0.15) is 18.2 Å². The van der Waals surface area contributed by atoms with Gasteiger partial charge in [-0.1, -0.05) is 44.2 Å². The van der Waals surface area contributed by atoms with Crippen LogP contribution in [0.1, 0.15) is 36.2 Å². The molecular weight excluding hydrogens is 547 g/mol. The SMILES string of the molecule is CC(C)C[C@@H](Nc1nc(Nc2ccc(I)cc2)c(C(N)=O)c(OCc2ccccc2)n1)C(N)=O. The quantitative estimate of drug-likeness (QED) is 0.255. The molecule has 3 aromatic rings. The first-order chi connectivity index (χ1) is 16.2. The second-order valence-electron chi connectivity index (χ2n) is 8.08. The van der Waals surface area contributed by atoms with E-state index in [2.05, 4.69) is 43.2 Å². The maximum Gasteiger partial charge on any atom is 0.258 e. The van der Waals surface area contributed by atoms with Gasteiger partial charge >= 0.3 is 0 Å². The number of benzene rings is 2. The van der Waals surface area contributed by atoms with Crippen molar-refractivity contribution >= 4 is 51.9 Å². The highest BCUT2D eigenvalue weighted by Crippen LogP contribution is 2.29. The van der Waals surface area contributed by atoms with Gasteiger partial charge in [0.25, 0.3) is 5.91 Å². The number of carbonyl (C=O) groups excluding carboxylic acids is 2. The van der Waals surface area contributed by atoms with Crippen LogP contribution in [0.5, 0.6) is 5.88 Å². The lowest BCUT2D eigenvalue weighted by molar-refractivity contribution is -0.119. The minimum Gasteiger partial charge on any atom is -0.472 e. The van der Waals surface area contributed by atoms with Crippen molar-refractivity contribution in [2.75, 3.05) is 10.6 Å². The summed E-state index contributed by atoms with van der Waals surface area (Å²) in [6.45, 7) is 4.12. The largest absolute Gasteiger partial charge is 0.472 e. The van der Waals surface area contributed by atoms with Gasteiger partial charge in [-0.15, -0.1) is 0 Å². The summed E-state index contributed by atoms with van der Waals surface area (Å²) >= 11 is 2.20. The van der Waals surface area contributed by atoms with Crippen LogP contribution in [0.3, 0.4) is 0 Å². The highest BCUT2D eigenvalue weighted by atomic mass is 127. The molecule has 178 valence electrons. The number of carbonyl (C=O) groups is 2. The number of hydrogen-bond donors (Lipinski definition) is 4. The van der Waals surface area contributed by atoms with Crippen molar-refractivity contribution in [1.29, 1.82) is 0 Å². The topological polar surface area (TPSA) is 145 Å². The first-order valence-corrected chi connectivity index (χ1v) is 11.8. The number of anilines is 3. The minimum absolute atomic E-state index is 0.000448. The lowest BCUT2D eigenvalue weighted by atomic mass is 10.0. The molecule has 1 aromatic heterocycles. The number of halogens is 1. The third-order valence-electron chi connectivity index (χ3n) is 4.80. The summed E-state index contributed by atoms with van der Waals surface area (Å²) in [4.78, 5) is 33.2. The van der Waals surface area contributed by atoms with Crippen LogP contribution in [0.4, 0.5) is 17.5 Å². The highest BCUT2D eigenvalue weighted by molar-refractivity contribution is 14.1. The van der Waals surface area contributed by atoms with Gasteiger partial charge in [-0.25, -0.2) is 0 Å². The van der Waals surface area contributed by atoms with E-state index in [9.17, 15) is 9.59 Å². The van der Waals surface area contributed by atoms with Crippen molar-refractivity contribution in [2.24, 2.45) is 17.4 Å². The molecular formula is C24H27IN6O3. The van der Waals surface area contributed by atoms with Crippen molar-refractivity contribution in [3.05, 3.63) is 69.3 Å². The standard InChI is InChI=1S/C24H27IN6O3/c1-14(2)12-18(20(26)32)29-24-30-22(28-17-10-8-16(25)9-11-17)19(21(27)33)23(31-24)34-13-15-6-4-3-5-7-15/h3-11,14,18H,12-13H2,1-2H3,(H2,26,32)(H2,27,33)(H2,28,29,30,31)/t18-/m1/s1. The smallest absolute Gasteiger partial charge is 0.258 e. The van der Waals surface area contributed by atoms with Gasteiger partial charge in [0, 0.05) is 9.26 Å². The van der Waals surface area contributed by atoms with Gasteiger partial charge in [-0.2, -0.15) is 9.97 Å². The van der Waals surface area contributed by atoms with Crippen LogP contribution >= 0.6 is 22.6 Å². The molecule has 0 radical (unpaired) electrons. The van der Waals surface area contributed by atoms with Crippen molar-refractivity contribution in [3.63, 3.8) is 0 Å². The molecule has 0 spiro atoms. The average molecular weight is 574 g/mol. The summed E-state index contributed by atoms with van der Waals surface area (Å²) in [5.74, 6) is -0.846. The third-order valence-corrected chi connectivity index (χ3v) is 5.52. The molecule has 34 heavy (non-hydrogen) atoms. The maximum absolute atomic E-state index is 12.4. The van der Waals surface area contributed by atoms with E-state index in [1.165, 1.54) is 0 Å². The number of aromatic nitrogens is 2. The molecule has 0 saturated carbocycles. The fraction of sp³-hybridized carbons (Fsp3) is 0.250. The lowest BCUT2D eigenvalue weighted by Crippen LogP contribution is -2.37. The predicted octanol–water partition coefficient (Wildman–Crippen LogP) is 3.81. The molecule has 1 atom stereocenters. The van der Waals surface area contributed by atoms with Crippen molar-refractivity contribution in [2.45, 2.75) is 32.9 Å². The van der Waals surface area contributed by atoms with Crippen LogP contribution in [-0.4, -0.2) is 27.8 Å². The zero-order valence-corrected chi connectivity index (χ0v) is 21.1. The van der Waals surface area contributed by atoms with Crippen LogP contribution in [0.2, 0.25) is 0 Å². The fourth-order valence-corrected chi connectivity index (χ4v) is 3.55. The van der Waals surface area contributed by atoms with Gasteiger partial charge < -0.3 is 26.8 Å². The Balaban J connectivity index is 2.02. The molecule has 3 rings (SSSR count). The number of hydrogen-bond acceptors (Lipinski definition) is 7. The molecule has 0 fully saturated rings. The van der Waals surface area contributed by atoms with Crippen LogP contribution in [-0.2, 0) is 11.4 Å². The van der Waals surface area contributed by atoms with E-state index in [0.717, 1.165) is 9.13 Å². The Morgan fingerprint density at radius 1 is 1.03 bits per heavy atom. The number of rotatable bonds is 11. The molecule has 0 aliphatic heterocycles. The molecule has 9 nitrogen and oxygen atoms in total. The molecule has 6 N–H and O–H groups in total. The Morgan fingerprint density at radius 3 is 2.29 bits per heavy atom. The number of nitrogens with zero attached hydrogens (tertiary/aromatic N) is 2. The molecule has 10 heteroatoms. The Labute approximate surface area is 211 Å². The summed E-state index contributed by atoms with van der Waals surface area (Å²) in [7, 11) is 0. The van der Waals surface area contributed by atoms with E-state index in [1.807, 2.05) is 68.4 Å². The van der Waals surface area contributed by atoms with Crippen molar-refractivity contribution in [3.8, 4) is 5.88 Å². The van der Waals surface area contributed by atoms with Gasteiger partial charge in [-0.3, -0.25) is 9.59 Å². The molecule has 1 heterocycles. The minimum atomic E-state index is -0.753. The van der Waals surface area contributed by atoms with Crippen LogP contribution in [0.15, 0.2) is 54.6 Å². The third kappa shape index (κ3) is 7.04. The van der Waals surface area contributed by atoms with E-state index in [1.54, 1.807) is 0 Å². The Morgan fingerprint density at radius 2 is 1.71 bits per heavy atom. The average Bonchev–Trinajstić information content (AvgIpc) is 2.78. The summed E-state index contributed by atoms with van der Waals surface area (Å²) in [5.41, 5.74) is 12.8. The normalized spacial score (nSPS) is 11.6. The van der Waals surface area contributed by atoms with E-state index in [4.69, 9.17) is 16.2 Å². The van der Waals surface area contributed by atoms with Crippen molar-refractivity contribution in [1.82, 2.24) is 9.97 Å². The molecule has 0 aliphatic rings. The highest BCUT2D eigenvalue weighted by Gasteiger charge is 2.24. The molecule has 2 amide bonds. The Hall–Kier alpha value is -3.41. The van der Waals surface area contributed by atoms with E-state index in [0.29, 0.717) is 12.1 Å². The predicted molar refractivity (Wildman–Crippen MR) is 140 cm³/mol. The first-order valence-electron chi connectivity index (χ1n) is 10.7. The Bertz CT molecular complexity index is 1140. The van der Waals surface area contributed by atoms with Crippen LogP contribution in [0, 0.1) is 9.49 Å². The number of nitrogens with two attached hydrogens (primary N) is 2. The van der Waals surface area contributed by atoms with E-state index < -0.39 is 17.9 Å². The summed E-state index contributed by atoms with van der Waals surface area (Å²) in [6.07, 6.45) is 0.482. The maximum atomic E-state index is 12.4. The number of ether oxygens (including phenoxy) is 1. The first kappa shape index (κ1) is 25.2. The van der Waals surface area contributed by atoms with Gasteiger partial charge in [0.05, 0.1) is 0 Å². The molecule has 0 bridgehead atoms. The summed E-state index contributed by atoms with van der Waals surface area (Å²) < 4.78 is 6.95. The number of primary amides is 2. The summed E-state index contributed by atoms with van der Waals surface area (Å²) in [5, 5.41) is 6.09. The summed E-state index contributed by atoms with van der Waals surface area (Å²) in [6, 6.07) is 16.2. The monoisotopic (exact) mass is 574 g/mol. The second kappa shape index (κ2) is 11.6. The van der Waals surface area contributed by atoms with Gasteiger partial charge in [0.15, 0.2) is 5.82 Å². The molecule has 0 saturated heterocycles. The zero-order chi connectivity index (χ0) is 24.7. The Kier molecular flexibility index (Phi) is 8.63. The number of nitrogens with one attached hydrogen (secondary N) is 2. The van der Waals surface area contributed by atoms with Crippen molar-refractivity contribution < 1.29 is 14.3 Å². The zero-order valence-electron chi connectivity index (χ0n) is 18.9. The van der Waals surface area contributed by atoms with Crippen LogP contribution < -0.4 is 26.8 Å². The number of amides is 2. The molecule has 2 aromatic carbocycles. The van der Waals surface area contributed by atoms with Gasteiger partial charge in [0.2, 0.25) is 17.7 Å². The van der Waals surface area contributed by atoms with E-state index >= 15 is 0 Å². The second-order valence-corrected chi connectivity index (χ2v) is 9.32. The van der Waals surface area contributed by atoms with Gasteiger partial charge in [-0.05, 0) is 64.8 Å². The van der Waals surface area contributed by atoms with E-state index in [-0.39, 0.29) is 35.7 Å².